The minimum absolute atomic E-state index is 0.124. The van der Waals surface area contributed by atoms with Crippen LogP contribution in [0.25, 0.3) is 0 Å². The molecule has 1 aromatic rings. The molecule has 0 aromatic heterocycles. The normalized spacial score (nSPS) is 15.5. The van der Waals surface area contributed by atoms with Crippen LogP contribution in [-0.4, -0.2) is 50.3 Å². The van der Waals surface area contributed by atoms with Crippen LogP contribution in [0.3, 0.4) is 0 Å². The SMILES string of the molecule is COCCN1CCc2ccc(OC)c([N+](=O)[O-])c2CC1. The van der Waals surface area contributed by atoms with Crippen LogP contribution in [-0.2, 0) is 17.6 Å². The summed E-state index contributed by atoms with van der Waals surface area (Å²) in [6.45, 7) is 3.25. The molecule has 1 aliphatic rings. The highest BCUT2D eigenvalue weighted by Crippen LogP contribution is 2.34. The molecule has 1 aromatic carbocycles. The number of fused-ring (bicyclic) bond motifs is 1. The van der Waals surface area contributed by atoms with Crippen LogP contribution < -0.4 is 4.74 Å². The summed E-state index contributed by atoms with van der Waals surface area (Å²) in [6.07, 6.45) is 1.50. The first-order valence-electron chi connectivity index (χ1n) is 6.71. The Hall–Kier alpha value is -1.66. The van der Waals surface area contributed by atoms with Gasteiger partial charge in [0.1, 0.15) is 0 Å². The van der Waals surface area contributed by atoms with Crippen LogP contribution in [0.2, 0.25) is 0 Å². The Labute approximate surface area is 118 Å². The number of nitrogens with zero attached hydrogens (tertiary/aromatic N) is 2. The molecular formula is C14H20N2O4. The minimum atomic E-state index is -0.331. The van der Waals surface area contributed by atoms with Gasteiger partial charge in [-0.25, -0.2) is 0 Å². The van der Waals surface area contributed by atoms with E-state index >= 15 is 0 Å². The molecule has 1 aliphatic heterocycles. The molecule has 0 amide bonds. The van der Waals surface area contributed by atoms with Crippen molar-refractivity contribution >= 4 is 5.69 Å². The topological polar surface area (TPSA) is 64.8 Å². The lowest BCUT2D eigenvalue weighted by Gasteiger charge is -2.18. The van der Waals surface area contributed by atoms with E-state index < -0.39 is 0 Å². The maximum absolute atomic E-state index is 11.3. The van der Waals surface area contributed by atoms with Crippen LogP contribution in [0, 0.1) is 10.1 Å². The summed E-state index contributed by atoms with van der Waals surface area (Å²) in [4.78, 5) is 13.3. The molecular weight excluding hydrogens is 260 g/mol. The molecule has 0 aliphatic carbocycles. The lowest BCUT2D eigenvalue weighted by atomic mass is 10.0. The largest absolute Gasteiger partial charge is 0.490 e. The smallest absolute Gasteiger partial charge is 0.314 e. The summed E-state index contributed by atoms with van der Waals surface area (Å²) < 4.78 is 10.2. The summed E-state index contributed by atoms with van der Waals surface area (Å²) in [5.74, 6) is 0.346. The van der Waals surface area contributed by atoms with E-state index in [1.807, 2.05) is 6.07 Å². The molecule has 0 spiro atoms. The maximum Gasteiger partial charge on any atom is 0.314 e. The van der Waals surface area contributed by atoms with Crippen molar-refractivity contribution in [1.82, 2.24) is 4.90 Å². The van der Waals surface area contributed by atoms with Gasteiger partial charge in [0, 0.05) is 32.3 Å². The van der Waals surface area contributed by atoms with Crippen molar-refractivity contribution in [2.45, 2.75) is 12.8 Å². The van der Waals surface area contributed by atoms with Crippen molar-refractivity contribution in [3.8, 4) is 5.75 Å². The minimum Gasteiger partial charge on any atom is -0.490 e. The highest BCUT2D eigenvalue weighted by Gasteiger charge is 2.26. The van der Waals surface area contributed by atoms with Gasteiger partial charge in [-0.05, 0) is 24.5 Å². The Kier molecular flexibility index (Phi) is 4.92. The fraction of sp³-hybridized carbons (Fsp3) is 0.571. The lowest BCUT2D eigenvalue weighted by Crippen LogP contribution is -2.29. The molecule has 6 nitrogen and oxygen atoms in total. The Balaban J connectivity index is 2.26. The third-order valence-corrected chi connectivity index (χ3v) is 3.73. The van der Waals surface area contributed by atoms with Gasteiger partial charge in [-0.15, -0.1) is 0 Å². The van der Waals surface area contributed by atoms with E-state index in [0.717, 1.165) is 37.2 Å². The molecule has 0 atom stereocenters. The monoisotopic (exact) mass is 280 g/mol. The van der Waals surface area contributed by atoms with Crippen molar-refractivity contribution < 1.29 is 14.4 Å². The van der Waals surface area contributed by atoms with E-state index in [2.05, 4.69) is 4.90 Å². The molecule has 1 heterocycles. The van der Waals surface area contributed by atoms with Crippen LogP contribution in [0.4, 0.5) is 5.69 Å². The van der Waals surface area contributed by atoms with Crippen LogP contribution >= 0.6 is 0 Å². The quantitative estimate of drug-likeness (QED) is 0.606. The van der Waals surface area contributed by atoms with E-state index in [-0.39, 0.29) is 10.6 Å². The summed E-state index contributed by atoms with van der Waals surface area (Å²) in [6, 6.07) is 3.64. The van der Waals surface area contributed by atoms with Gasteiger partial charge in [0.05, 0.1) is 18.6 Å². The van der Waals surface area contributed by atoms with E-state index in [0.29, 0.717) is 18.8 Å². The zero-order valence-electron chi connectivity index (χ0n) is 11.9. The molecule has 0 bridgehead atoms. The second kappa shape index (κ2) is 6.67. The van der Waals surface area contributed by atoms with Crippen molar-refractivity contribution in [3.63, 3.8) is 0 Å². The van der Waals surface area contributed by atoms with Crippen molar-refractivity contribution in [3.05, 3.63) is 33.4 Å². The predicted octanol–water partition coefficient (Wildman–Crippen LogP) is 1.65. The number of nitro groups is 1. The second-order valence-corrected chi connectivity index (χ2v) is 4.85. The zero-order chi connectivity index (χ0) is 14.5. The molecule has 0 fully saturated rings. The number of nitro benzene ring substituents is 1. The average Bonchev–Trinajstić information content (AvgIpc) is 2.66. The second-order valence-electron chi connectivity index (χ2n) is 4.85. The first-order chi connectivity index (χ1) is 9.67. The molecule has 110 valence electrons. The summed E-state index contributed by atoms with van der Waals surface area (Å²) in [5.41, 5.74) is 1.99. The first-order valence-corrected chi connectivity index (χ1v) is 6.71. The molecule has 2 rings (SSSR count). The molecule has 0 saturated carbocycles. The Morgan fingerprint density at radius 3 is 2.70 bits per heavy atom. The molecule has 0 saturated heterocycles. The van der Waals surface area contributed by atoms with Crippen molar-refractivity contribution in [2.24, 2.45) is 0 Å². The van der Waals surface area contributed by atoms with Crippen molar-refractivity contribution in [1.29, 1.82) is 0 Å². The number of methoxy groups -OCH3 is 2. The Bertz CT molecular complexity index is 490. The molecule has 0 N–H and O–H groups in total. The fourth-order valence-corrected chi connectivity index (χ4v) is 2.64. The Morgan fingerprint density at radius 1 is 1.30 bits per heavy atom. The van der Waals surface area contributed by atoms with Gasteiger partial charge in [-0.3, -0.25) is 10.1 Å². The van der Waals surface area contributed by atoms with Crippen LogP contribution in [0.1, 0.15) is 11.1 Å². The molecule has 6 heteroatoms. The van der Waals surface area contributed by atoms with Gasteiger partial charge in [-0.1, -0.05) is 6.07 Å². The van der Waals surface area contributed by atoms with E-state index in [1.54, 1.807) is 13.2 Å². The first kappa shape index (κ1) is 14.7. The summed E-state index contributed by atoms with van der Waals surface area (Å²) in [7, 11) is 3.15. The third-order valence-electron chi connectivity index (χ3n) is 3.73. The molecule has 0 unspecified atom stereocenters. The van der Waals surface area contributed by atoms with E-state index in [9.17, 15) is 10.1 Å². The lowest BCUT2D eigenvalue weighted by molar-refractivity contribution is -0.386. The van der Waals surface area contributed by atoms with Gasteiger partial charge in [0.25, 0.3) is 0 Å². The average molecular weight is 280 g/mol. The van der Waals surface area contributed by atoms with Crippen LogP contribution in [0.5, 0.6) is 5.75 Å². The van der Waals surface area contributed by atoms with Gasteiger partial charge >= 0.3 is 5.69 Å². The molecule has 0 radical (unpaired) electrons. The third kappa shape index (κ3) is 3.08. The number of ether oxygens (including phenoxy) is 2. The number of hydrogen-bond acceptors (Lipinski definition) is 5. The van der Waals surface area contributed by atoms with Gasteiger partial charge < -0.3 is 14.4 Å². The van der Waals surface area contributed by atoms with Gasteiger partial charge in [0.15, 0.2) is 5.75 Å². The van der Waals surface area contributed by atoms with E-state index in [4.69, 9.17) is 9.47 Å². The number of benzene rings is 1. The van der Waals surface area contributed by atoms with E-state index in [1.165, 1.54) is 7.11 Å². The number of hydrogen-bond donors (Lipinski definition) is 0. The predicted molar refractivity (Wildman–Crippen MR) is 75.4 cm³/mol. The van der Waals surface area contributed by atoms with Gasteiger partial charge in [0.2, 0.25) is 0 Å². The van der Waals surface area contributed by atoms with Crippen molar-refractivity contribution in [2.75, 3.05) is 40.5 Å². The highest BCUT2D eigenvalue weighted by atomic mass is 16.6. The highest BCUT2D eigenvalue weighted by molar-refractivity contribution is 5.56. The Morgan fingerprint density at radius 2 is 2.05 bits per heavy atom. The zero-order valence-corrected chi connectivity index (χ0v) is 11.9. The molecule has 20 heavy (non-hydrogen) atoms. The standard InChI is InChI=1S/C14H20N2O4/c1-19-10-9-15-7-5-11-3-4-13(20-2)14(16(17)18)12(11)6-8-15/h3-4H,5-10H2,1-2H3. The fourth-order valence-electron chi connectivity index (χ4n) is 2.64. The summed E-state index contributed by atoms with van der Waals surface area (Å²) >= 11 is 0. The van der Waals surface area contributed by atoms with Gasteiger partial charge in [-0.2, -0.15) is 0 Å². The van der Waals surface area contributed by atoms with Crippen LogP contribution in [0.15, 0.2) is 12.1 Å². The maximum atomic E-state index is 11.3. The number of rotatable bonds is 5. The summed E-state index contributed by atoms with van der Waals surface area (Å²) in [5, 5.41) is 11.3.